The summed E-state index contributed by atoms with van der Waals surface area (Å²) in [4.78, 5) is 24.4. The summed E-state index contributed by atoms with van der Waals surface area (Å²) >= 11 is 0. The Labute approximate surface area is 144 Å². The Kier molecular flexibility index (Phi) is 5.87. The van der Waals surface area contributed by atoms with Gasteiger partial charge < -0.3 is 10.6 Å². The van der Waals surface area contributed by atoms with Gasteiger partial charge in [0.15, 0.2) is 0 Å². The van der Waals surface area contributed by atoms with Crippen molar-refractivity contribution in [1.82, 2.24) is 10.6 Å². The maximum absolute atomic E-state index is 12.5. The summed E-state index contributed by atoms with van der Waals surface area (Å²) in [6.07, 6.45) is 2.17. The standard InChI is InChI=1S/C18H21F3N2O2/c1-22-16(25)17(11-3-2-4-12-17)23-15(24)10-7-13-5-8-14(9-6-13)18(19,20)21/h5-10H,2-4,11-12H2,1H3,(H,22,25)(H,23,24). The van der Waals surface area contributed by atoms with Crippen LogP contribution in [-0.4, -0.2) is 24.4 Å². The van der Waals surface area contributed by atoms with E-state index in [1.165, 1.54) is 31.3 Å². The first-order chi connectivity index (χ1) is 11.8. The first kappa shape index (κ1) is 19.0. The molecule has 0 heterocycles. The Morgan fingerprint density at radius 3 is 2.20 bits per heavy atom. The van der Waals surface area contributed by atoms with Crippen LogP contribution in [0.1, 0.15) is 43.2 Å². The second-order valence-corrected chi connectivity index (χ2v) is 6.16. The topological polar surface area (TPSA) is 58.2 Å². The first-order valence-electron chi connectivity index (χ1n) is 8.16. The van der Waals surface area contributed by atoms with Gasteiger partial charge in [0.05, 0.1) is 5.56 Å². The van der Waals surface area contributed by atoms with Crippen LogP contribution in [0.3, 0.4) is 0 Å². The van der Waals surface area contributed by atoms with Crippen LogP contribution < -0.4 is 10.6 Å². The van der Waals surface area contributed by atoms with E-state index < -0.39 is 23.2 Å². The summed E-state index contributed by atoms with van der Waals surface area (Å²) in [5, 5.41) is 5.36. The molecule has 7 heteroatoms. The number of halogens is 3. The summed E-state index contributed by atoms with van der Waals surface area (Å²) < 4.78 is 37.6. The van der Waals surface area contributed by atoms with Crippen molar-refractivity contribution in [2.75, 3.05) is 7.05 Å². The normalized spacial score (nSPS) is 17.3. The van der Waals surface area contributed by atoms with E-state index in [4.69, 9.17) is 0 Å². The molecule has 0 saturated heterocycles. The van der Waals surface area contributed by atoms with E-state index in [1.807, 2.05) is 0 Å². The lowest BCUT2D eigenvalue weighted by atomic mass is 9.81. The molecule has 0 unspecified atom stereocenters. The highest BCUT2D eigenvalue weighted by atomic mass is 19.4. The van der Waals surface area contributed by atoms with Gasteiger partial charge in [0.25, 0.3) is 0 Å². The van der Waals surface area contributed by atoms with Gasteiger partial charge in [0.1, 0.15) is 5.54 Å². The minimum absolute atomic E-state index is 0.219. The molecular weight excluding hydrogens is 333 g/mol. The van der Waals surface area contributed by atoms with Crippen LogP contribution in [0, 0.1) is 0 Å². The summed E-state index contributed by atoms with van der Waals surface area (Å²) in [5.41, 5.74) is -1.18. The molecule has 4 nitrogen and oxygen atoms in total. The molecule has 25 heavy (non-hydrogen) atoms. The number of carbonyl (C=O) groups excluding carboxylic acids is 2. The molecule has 0 aliphatic heterocycles. The van der Waals surface area contributed by atoms with Crippen LogP contribution in [0.25, 0.3) is 6.08 Å². The predicted octanol–water partition coefficient (Wildman–Crippen LogP) is 3.28. The highest BCUT2D eigenvalue weighted by molar-refractivity contribution is 5.97. The Hall–Kier alpha value is -2.31. The minimum atomic E-state index is -4.39. The zero-order valence-corrected chi connectivity index (χ0v) is 14.0. The van der Waals surface area contributed by atoms with E-state index >= 15 is 0 Å². The molecule has 0 atom stereocenters. The number of hydrogen-bond donors (Lipinski definition) is 2. The van der Waals surface area contributed by atoms with E-state index in [0.29, 0.717) is 18.4 Å². The van der Waals surface area contributed by atoms with Crippen molar-refractivity contribution in [3.05, 3.63) is 41.5 Å². The van der Waals surface area contributed by atoms with Crippen molar-refractivity contribution >= 4 is 17.9 Å². The first-order valence-corrected chi connectivity index (χ1v) is 8.16. The van der Waals surface area contributed by atoms with Gasteiger partial charge in [0, 0.05) is 13.1 Å². The lowest BCUT2D eigenvalue weighted by molar-refractivity contribution is -0.137. The number of rotatable bonds is 4. The van der Waals surface area contributed by atoms with Crippen molar-refractivity contribution in [2.45, 2.75) is 43.8 Å². The minimum Gasteiger partial charge on any atom is -0.357 e. The zero-order chi connectivity index (χ0) is 18.5. The van der Waals surface area contributed by atoms with Crippen molar-refractivity contribution in [1.29, 1.82) is 0 Å². The number of alkyl halides is 3. The predicted molar refractivity (Wildman–Crippen MR) is 88.5 cm³/mol. The van der Waals surface area contributed by atoms with E-state index in [0.717, 1.165) is 31.4 Å². The van der Waals surface area contributed by atoms with Gasteiger partial charge in [-0.1, -0.05) is 31.4 Å². The molecule has 2 rings (SSSR count). The van der Waals surface area contributed by atoms with E-state index in [9.17, 15) is 22.8 Å². The van der Waals surface area contributed by atoms with Crippen molar-refractivity contribution in [3.8, 4) is 0 Å². The smallest absolute Gasteiger partial charge is 0.357 e. The molecule has 136 valence electrons. The van der Waals surface area contributed by atoms with E-state index in [2.05, 4.69) is 10.6 Å². The van der Waals surface area contributed by atoms with E-state index in [1.54, 1.807) is 0 Å². The third-order valence-corrected chi connectivity index (χ3v) is 4.40. The molecule has 2 N–H and O–H groups in total. The molecule has 1 aliphatic rings. The van der Waals surface area contributed by atoms with Gasteiger partial charge in [-0.2, -0.15) is 13.2 Å². The fourth-order valence-corrected chi connectivity index (χ4v) is 3.04. The van der Waals surface area contributed by atoms with Crippen molar-refractivity contribution < 1.29 is 22.8 Å². The molecule has 0 aromatic heterocycles. The number of benzene rings is 1. The van der Waals surface area contributed by atoms with Crippen LogP contribution in [0.2, 0.25) is 0 Å². The Morgan fingerprint density at radius 1 is 1.08 bits per heavy atom. The fourth-order valence-electron chi connectivity index (χ4n) is 3.04. The van der Waals surface area contributed by atoms with Gasteiger partial charge in [-0.25, -0.2) is 0 Å². The van der Waals surface area contributed by atoms with Gasteiger partial charge in [-0.3, -0.25) is 9.59 Å². The average molecular weight is 354 g/mol. The summed E-state index contributed by atoms with van der Waals surface area (Å²) in [6.45, 7) is 0. The second kappa shape index (κ2) is 7.72. The Morgan fingerprint density at radius 2 is 1.68 bits per heavy atom. The molecule has 1 fully saturated rings. The van der Waals surface area contributed by atoms with Gasteiger partial charge >= 0.3 is 6.18 Å². The molecule has 1 aliphatic carbocycles. The second-order valence-electron chi connectivity index (χ2n) is 6.16. The third kappa shape index (κ3) is 4.84. The largest absolute Gasteiger partial charge is 0.416 e. The lowest BCUT2D eigenvalue weighted by Gasteiger charge is -2.35. The maximum atomic E-state index is 12.5. The quantitative estimate of drug-likeness (QED) is 0.816. The Bertz CT molecular complexity index is 645. The molecule has 0 spiro atoms. The highest BCUT2D eigenvalue weighted by Gasteiger charge is 2.39. The van der Waals surface area contributed by atoms with E-state index in [-0.39, 0.29) is 5.91 Å². The maximum Gasteiger partial charge on any atom is 0.416 e. The van der Waals surface area contributed by atoms with Crippen molar-refractivity contribution in [2.24, 2.45) is 0 Å². The summed E-state index contributed by atoms with van der Waals surface area (Å²) in [6, 6.07) is 4.51. The van der Waals surface area contributed by atoms with Gasteiger partial charge in [-0.05, 0) is 36.6 Å². The number of carbonyl (C=O) groups is 2. The third-order valence-electron chi connectivity index (χ3n) is 4.40. The fraction of sp³-hybridized carbons (Fsp3) is 0.444. The average Bonchev–Trinajstić information content (AvgIpc) is 2.59. The molecule has 0 radical (unpaired) electrons. The summed E-state index contributed by atoms with van der Waals surface area (Å²) in [5.74, 6) is -0.658. The van der Waals surface area contributed by atoms with Crippen molar-refractivity contribution in [3.63, 3.8) is 0 Å². The molecule has 2 amide bonds. The molecule has 1 aromatic carbocycles. The van der Waals surface area contributed by atoms with Crippen LogP contribution in [-0.2, 0) is 15.8 Å². The monoisotopic (exact) mass is 354 g/mol. The van der Waals surface area contributed by atoms with Crippen LogP contribution in [0.4, 0.5) is 13.2 Å². The summed E-state index contributed by atoms with van der Waals surface area (Å²) in [7, 11) is 1.53. The number of likely N-dealkylation sites (N-methyl/N-ethyl adjacent to an activating group) is 1. The van der Waals surface area contributed by atoms with Crippen LogP contribution in [0.5, 0.6) is 0 Å². The number of hydrogen-bond acceptors (Lipinski definition) is 2. The van der Waals surface area contributed by atoms with Gasteiger partial charge in [0.2, 0.25) is 11.8 Å². The number of amides is 2. The molecular formula is C18H21F3N2O2. The highest BCUT2D eigenvalue weighted by Crippen LogP contribution is 2.30. The van der Waals surface area contributed by atoms with Gasteiger partial charge in [-0.15, -0.1) is 0 Å². The molecule has 1 aromatic rings. The molecule has 1 saturated carbocycles. The zero-order valence-electron chi connectivity index (χ0n) is 14.0. The molecule has 0 bridgehead atoms. The SMILES string of the molecule is CNC(=O)C1(NC(=O)C=Cc2ccc(C(F)(F)F)cc2)CCCCC1. The lowest BCUT2D eigenvalue weighted by Crippen LogP contribution is -2.58. The van der Waals surface area contributed by atoms with Crippen LogP contribution in [0.15, 0.2) is 30.3 Å². The number of nitrogens with one attached hydrogen (secondary N) is 2. The van der Waals surface area contributed by atoms with Crippen LogP contribution >= 0.6 is 0 Å². The Balaban J connectivity index is 2.05.